The largest absolute Gasteiger partial charge is 0.416 e. The van der Waals surface area contributed by atoms with Crippen LogP contribution in [0.1, 0.15) is 35.6 Å². The lowest BCUT2D eigenvalue weighted by atomic mass is 10.2. The van der Waals surface area contributed by atoms with E-state index in [1.165, 1.54) is 10.9 Å². The molecule has 1 aliphatic heterocycles. The predicted octanol–water partition coefficient (Wildman–Crippen LogP) is 4.23. The Labute approximate surface area is 228 Å². The molecule has 208 valence electrons. The van der Waals surface area contributed by atoms with Crippen molar-refractivity contribution < 1.29 is 18.0 Å². The third kappa shape index (κ3) is 5.93. The lowest BCUT2D eigenvalue weighted by molar-refractivity contribution is -0.137. The van der Waals surface area contributed by atoms with Crippen LogP contribution in [-0.4, -0.2) is 73.0 Å². The molecule has 1 amide bonds. The maximum atomic E-state index is 13.0. The molecule has 5 heterocycles. The van der Waals surface area contributed by atoms with Crippen molar-refractivity contribution in [1.29, 1.82) is 0 Å². The number of anilines is 2. The van der Waals surface area contributed by atoms with Gasteiger partial charge in [0.25, 0.3) is 5.91 Å². The molecule has 0 atom stereocenters. The molecule has 0 aromatic carbocycles. The highest BCUT2D eigenvalue weighted by Gasteiger charge is 2.31. The molecule has 0 radical (unpaired) electrons. The number of aromatic nitrogens is 6. The van der Waals surface area contributed by atoms with E-state index in [-0.39, 0.29) is 11.4 Å². The molecule has 4 aromatic heterocycles. The first-order valence-corrected chi connectivity index (χ1v) is 12.8. The van der Waals surface area contributed by atoms with Gasteiger partial charge in [-0.15, -0.1) is 5.10 Å². The standard InChI is InChI=1S/C27H28F3N9O/c1-17(2)37-6-8-38(9-7-37)22-10-19(13-31-15-22)24-16-39(36-35-24)25-12-21(14-33-18(25)3)34-26(40)23-11-20(4-5-32-23)27(28,29)30/h4-5,10-17H,6-9H2,1-3H3,(H,34,40). The number of hydrogen-bond donors (Lipinski definition) is 1. The van der Waals surface area contributed by atoms with E-state index in [1.54, 1.807) is 25.4 Å². The smallest absolute Gasteiger partial charge is 0.368 e. The SMILES string of the molecule is Cc1ncc(NC(=O)c2cc(C(F)(F)F)ccn2)cc1-n1cc(-c2cncc(N3CCN(C(C)C)CC3)c2)nn1. The van der Waals surface area contributed by atoms with E-state index in [9.17, 15) is 18.0 Å². The number of piperazine rings is 1. The summed E-state index contributed by atoms with van der Waals surface area (Å²) in [5.74, 6) is -0.793. The number of amides is 1. The monoisotopic (exact) mass is 551 g/mol. The summed E-state index contributed by atoms with van der Waals surface area (Å²) in [7, 11) is 0. The fourth-order valence-corrected chi connectivity index (χ4v) is 4.50. The zero-order chi connectivity index (χ0) is 28.4. The van der Waals surface area contributed by atoms with Crippen LogP contribution >= 0.6 is 0 Å². The number of rotatable bonds is 6. The minimum atomic E-state index is -4.58. The summed E-state index contributed by atoms with van der Waals surface area (Å²) in [6.45, 7) is 9.98. The van der Waals surface area contributed by atoms with Crippen LogP contribution in [0.5, 0.6) is 0 Å². The number of carbonyl (C=O) groups is 1. The van der Waals surface area contributed by atoms with Gasteiger partial charge in [-0.25, -0.2) is 4.68 Å². The quantitative estimate of drug-likeness (QED) is 0.380. The molecule has 4 aromatic rings. The maximum absolute atomic E-state index is 13.0. The Kier molecular flexibility index (Phi) is 7.48. The van der Waals surface area contributed by atoms with Crippen molar-refractivity contribution >= 4 is 17.3 Å². The van der Waals surface area contributed by atoms with Gasteiger partial charge in [-0.1, -0.05) is 5.21 Å². The highest BCUT2D eigenvalue weighted by atomic mass is 19.4. The summed E-state index contributed by atoms with van der Waals surface area (Å²) in [6.07, 6.45) is 3.09. The highest BCUT2D eigenvalue weighted by molar-refractivity contribution is 6.03. The van der Waals surface area contributed by atoms with Gasteiger partial charge in [-0.2, -0.15) is 13.2 Å². The number of hydrogen-bond acceptors (Lipinski definition) is 8. The van der Waals surface area contributed by atoms with Crippen molar-refractivity contribution in [3.8, 4) is 16.9 Å². The molecule has 1 N–H and O–H groups in total. The van der Waals surface area contributed by atoms with E-state index in [2.05, 4.69) is 54.2 Å². The normalized spacial score (nSPS) is 14.5. The van der Waals surface area contributed by atoms with E-state index >= 15 is 0 Å². The fourth-order valence-electron chi connectivity index (χ4n) is 4.50. The Morgan fingerprint density at radius 2 is 1.80 bits per heavy atom. The van der Waals surface area contributed by atoms with Crippen LogP contribution in [-0.2, 0) is 6.18 Å². The summed E-state index contributed by atoms with van der Waals surface area (Å²) >= 11 is 0. The Balaban J connectivity index is 1.33. The summed E-state index contributed by atoms with van der Waals surface area (Å²) in [4.78, 5) is 29.9. The third-order valence-electron chi connectivity index (χ3n) is 6.81. The van der Waals surface area contributed by atoms with Crippen LogP contribution < -0.4 is 10.2 Å². The van der Waals surface area contributed by atoms with E-state index in [1.807, 2.05) is 12.3 Å². The van der Waals surface area contributed by atoms with Gasteiger partial charge >= 0.3 is 6.18 Å². The van der Waals surface area contributed by atoms with Gasteiger partial charge in [-0.3, -0.25) is 24.6 Å². The molecule has 1 aliphatic rings. The Bertz CT molecular complexity index is 1510. The molecule has 10 nitrogen and oxygen atoms in total. The van der Waals surface area contributed by atoms with E-state index in [0.717, 1.165) is 49.7 Å². The number of carbonyl (C=O) groups excluding carboxylic acids is 1. The molecule has 40 heavy (non-hydrogen) atoms. The first-order chi connectivity index (χ1) is 19.1. The van der Waals surface area contributed by atoms with Crippen molar-refractivity contribution in [2.24, 2.45) is 0 Å². The van der Waals surface area contributed by atoms with Crippen LogP contribution in [0.4, 0.5) is 24.5 Å². The topological polar surface area (TPSA) is 105 Å². The van der Waals surface area contributed by atoms with Crippen LogP contribution in [0.25, 0.3) is 16.9 Å². The average Bonchev–Trinajstić information content (AvgIpc) is 3.44. The van der Waals surface area contributed by atoms with E-state index in [0.29, 0.717) is 29.2 Å². The highest BCUT2D eigenvalue weighted by Crippen LogP contribution is 2.29. The van der Waals surface area contributed by atoms with Crippen molar-refractivity contribution in [1.82, 2.24) is 34.8 Å². The molecule has 0 aliphatic carbocycles. The molecule has 0 bridgehead atoms. The second kappa shape index (κ2) is 11.0. The molecular formula is C27H28F3N9O. The molecule has 13 heteroatoms. The van der Waals surface area contributed by atoms with Gasteiger partial charge in [0.05, 0.1) is 46.9 Å². The Hall–Kier alpha value is -4.39. The van der Waals surface area contributed by atoms with Gasteiger partial charge in [0, 0.05) is 50.2 Å². The lowest BCUT2D eigenvalue weighted by Gasteiger charge is -2.38. The van der Waals surface area contributed by atoms with Gasteiger partial charge < -0.3 is 10.2 Å². The Morgan fingerprint density at radius 3 is 2.52 bits per heavy atom. The summed E-state index contributed by atoms with van der Waals surface area (Å²) < 4.78 is 40.6. The number of aryl methyl sites for hydroxylation is 1. The maximum Gasteiger partial charge on any atom is 0.416 e. The zero-order valence-corrected chi connectivity index (χ0v) is 22.2. The second-order valence-electron chi connectivity index (χ2n) is 9.81. The molecular weight excluding hydrogens is 523 g/mol. The van der Waals surface area contributed by atoms with Gasteiger partial charge in [-0.05, 0) is 45.0 Å². The van der Waals surface area contributed by atoms with Gasteiger partial charge in [0.15, 0.2) is 0 Å². The molecule has 5 rings (SSSR count). The minimum Gasteiger partial charge on any atom is -0.368 e. The van der Waals surface area contributed by atoms with Crippen molar-refractivity contribution in [3.63, 3.8) is 0 Å². The van der Waals surface area contributed by atoms with Crippen LogP contribution in [0, 0.1) is 6.92 Å². The summed E-state index contributed by atoms with van der Waals surface area (Å²) in [5.41, 5.74) is 2.54. The van der Waals surface area contributed by atoms with Gasteiger partial charge in [0.1, 0.15) is 11.4 Å². The molecule has 1 fully saturated rings. The van der Waals surface area contributed by atoms with Crippen LogP contribution in [0.3, 0.4) is 0 Å². The summed E-state index contributed by atoms with van der Waals surface area (Å²) in [6, 6.07) is 5.69. The second-order valence-corrected chi connectivity index (χ2v) is 9.81. The summed E-state index contributed by atoms with van der Waals surface area (Å²) in [5, 5.41) is 11.1. The van der Waals surface area contributed by atoms with E-state index < -0.39 is 17.6 Å². The first kappa shape index (κ1) is 27.2. The third-order valence-corrected chi connectivity index (χ3v) is 6.81. The number of halogens is 3. The van der Waals surface area contributed by atoms with Gasteiger partial charge in [0.2, 0.25) is 0 Å². The van der Waals surface area contributed by atoms with Crippen LogP contribution in [0.2, 0.25) is 0 Å². The predicted molar refractivity (Wildman–Crippen MR) is 143 cm³/mol. The van der Waals surface area contributed by atoms with Crippen molar-refractivity contribution in [3.05, 3.63) is 72.2 Å². The molecule has 0 spiro atoms. The number of nitrogens with one attached hydrogen (secondary N) is 1. The average molecular weight is 552 g/mol. The van der Waals surface area contributed by atoms with Crippen molar-refractivity contribution in [2.75, 3.05) is 36.4 Å². The number of pyridine rings is 3. The lowest BCUT2D eigenvalue weighted by Crippen LogP contribution is -2.48. The minimum absolute atomic E-state index is 0.270. The molecule has 0 saturated carbocycles. The van der Waals surface area contributed by atoms with Crippen molar-refractivity contribution in [2.45, 2.75) is 33.0 Å². The van der Waals surface area contributed by atoms with Crippen LogP contribution in [0.15, 0.2) is 55.2 Å². The number of nitrogens with zero attached hydrogens (tertiary/aromatic N) is 8. The molecule has 1 saturated heterocycles. The molecule has 0 unspecified atom stereocenters. The first-order valence-electron chi connectivity index (χ1n) is 12.8. The Morgan fingerprint density at radius 1 is 1.02 bits per heavy atom. The zero-order valence-electron chi connectivity index (χ0n) is 22.2. The fraction of sp³-hybridized carbons (Fsp3) is 0.333. The van der Waals surface area contributed by atoms with E-state index in [4.69, 9.17) is 0 Å². The number of alkyl halides is 3.